The molecule has 1 heterocycles. The Labute approximate surface area is 131 Å². The fourth-order valence-electron chi connectivity index (χ4n) is 2.22. The summed E-state index contributed by atoms with van der Waals surface area (Å²) in [5, 5.41) is 0. The van der Waals surface area contributed by atoms with Gasteiger partial charge in [-0.3, -0.25) is 4.79 Å². The van der Waals surface area contributed by atoms with Gasteiger partial charge in [0, 0.05) is 6.92 Å². The first-order valence-electron chi connectivity index (χ1n) is 7.72. The smallest absolute Gasteiger partial charge is 0.262 e. The van der Waals surface area contributed by atoms with Crippen molar-refractivity contribution in [2.45, 2.75) is 46.5 Å². The lowest BCUT2D eigenvalue weighted by molar-refractivity contribution is -0.0117. The van der Waals surface area contributed by atoms with E-state index in [0.29, 0.717) is 11.3 Å². The summed E-state index contributed by atoms with van der Waals surface area (Å²) in [6, 6.07) is 5.39. The first-order valence-corrected chi connectivity index (χ1v) is 7.72. The summed E-state index contributed by atoms with van der Waals surface area (Å²) in [5.74, 6) is -2.56. The van der Waals surface area contributed by atoms with Gasteiger partial charge in [0.2, 0.25) is 0 Å². The highest BCUT2D eigenvalue weighted by atomic mass is 19.3. The summed E-state index contributed by atoms with van der Waals surface area (Å²) >= 11 is 0. The van der Waals surface area contributed by atoms with Crippen LogP contribution in [0, 0.1) is 0 Å². The Morgan fingerprint density at radius 3 is 2.50 bits per heavy atom. The van der Waals surface area contributed by atoms with Crippen LogP contribution in [0.2, 0.25) is 0 Å². The third-order valence-electron chi connectivity index (χ3n) is 3.28. The number of carbonyl (C=O) groups excluding carboxylic acids is 1. The minimum Gasteiger partial charge on any atom is -0.491 e. The molecule has 0 bridgehead atoms. The highest BCUT2D eigenvalue weighted by Crippen LogP contribution is 2.28. The Morgan fingerprint density at radius 2 is 1.95 bits per heavy atom. The van der Waals surface area contributed by atoms with Gasteiger partial charge in [-0.1, -0.05) is 33.8 Å². The van der Waals surface area contributed by atoms with Gasteiger partial charge >= 0.3 is 0 Å². The third-order valence-corrected chi connectivity index (χ3v) is 3.28. The Balaban J connectivity index is 0.00000116. The van der Waals surface area contributed by atoms with Crippen molar-refractivity contribution in [2.75, 3.05) is 19.7 Å². The van der Waals surface area contributed by atoms with Crippen molar-refractivity contribution in [3.63, 3.8) is 0 Å². The first-order chi connectivity index (χ1) is 10.3. The molecule has 0 unspecified atom stereocenters. The lowest BCUT2D eigenvalue weighted by Gasteiger charge is -2.23. The Bertz CT molecular complexity index is 510. The molecule has 124 valence electrons. The standard InChI is InChI=1S/C15H19F2NO2.C2H6/c1-10(2)11-4-5-13-12(8-11)14(19)18(6-7-20-13)9-15(3,16)17;1-2/h4-5,8,10H,6-7,9H2,1-3H3;1-2H3. The van der Waals surface area contributed by atoms with E-state index in [2.05, 4.69) is 0 Å². The SMILES string of the molecule is CC.CC(C)c1ccc2c(c1)C(=O)N(CC(C)(F)F)CCO2. The normalized spacial score (nSPS) is 14.7. The number of alkyl halides is 2. The molecule has 0 N–H and O–H groups in total. The van der Waals surface area contributed by atoms with Crippen LogP contribution in [0.3, 0.4) is 0 Å². The van der Waals surface area contributed by atoms with Crippen LogP contribution in [0.4, 0.5) is 8.78 Å². The number of halogens is 2. The van der Waals surface area contributed by atoms with E-state index in [0.717, 1.165) is 17.4 Å². The summed E-state index contributed by atoms with van der Waals surface area (Å²) < 4.78 is 31.8. The van der Waals surface area contributed by atoms with Gasteiger partial charge in [-0.15, -0.1) is 0 Å². The molecule has 1 aromatic carbocycles. The van der Waals surface area contributed by atoms with E-state index in [1.807, 2.05) is 33.8 Å². The minimum absolute atomic E-state index is 0.175. The van der Waals surface area contributed by atoms with Crippen LogP contribution in [0.15, 0.2) is 18.2 Å². The van der Waals surface area contributed by atoms with Gasteiger partial charge in [0.25, 0.3) is 11.8 Å². The summed E-state index contributed by atoms with van der Waals surface area (Å²) in [6.45, 7) is 8.67. The molecule has 0 radical (unpaired) electrons. The molecule has 5 heteroatoms. The maximum Gasteiger partial charge on any atom is 0.262 e. The first kappa shape index (κ1) is 18.4. The number of carbonyl (C=O) groups is 1. The van der Waals surface area contributed by atoms with Gasteiger partial charge < -0.3 is 9.64 Å². The van der Waals surface area contributed by atoms with Crippen LogP contribution in [-0.2, 0) is 0 Å². The van der Waals surface area contributed by atoms with E-state index in [-0.39, 0.29) is 25.0 Å². The van der Waals surface area contributed by atoms with Crippen LogP contribution >= 0.6 is 0 Å². The summed E-state index contributed by atoms with van der Waals surface area (Å²) in [6.07, 6.45) is 0. The number of benzene rings is 1. The highest BCUT2D eigenvalue weighted by molar-refractivity contribution is 5.97. The molecule has 0 atom stereocenters. The number of ether oxygens (including phenoxy) is 1. The van der Waals surface area contributed by atoms with Gasteiger partial charge in [0.05, 0.1) is 18.7 Å². The van der Waals surface area contributed by atoms with Gasteiger partial charge in [0.15, 0.2) is 0 Å². The number of rotatable bonds is 3. The third kappa shape index (κ3) is 4.68. The van der Waals surface area contributed by atoms with Crippen molar-refractivity contribution in [1.82, 2.24) is 4.90 Å². The molecule has 0 spiro atoms. The Kier molecular flexibility index (Phi) is 6.33. The van der Waals surface area contributed by atoms with Crippen LogP contribution in [0.1, 0.15) is 56.5 Å². The second-order valence-electron chi connectivity index (χ2n) is 5.56. The largest absolute Gasteiger partial charge is 0.491 e. The number of amides is 1. The van der Waals surface area contributed by atoms with E-state index in [1.54, 1.807) is 12.1 Å². The van der Waals surface area contributed by atoms with Crippen LogP contribution < -0.4 is 4.74 Å². The fraction of sp³-hybridized carbons (Fsp3) is 0.588. The van der Waals surface area contributed by atoms with Gasteiger partial charge in [-0.25, -0.2) is 8.78 Å². The minimum atomic E-state index is -2.91. The zero-order chi connectivity index (χ0) is 16.9. The van der Waals surface area contributed by atoms with E-state index >= 15 is 0 Å². The predicted molar refractivity (Wildman–Crippen MR) is 83.9 cm³/mol. The van der Waals surface area contributed by atoms with Crippen molar-refractivity contribution in [1.29, 1.82) is 0 Å². The van der Waals surface area contributed by atoms with Crippen molar-refractivity contribution in [3.05, 3.63) is 29.3 Å². The molecule has 1 aliphatic heterocycles. The van der Waals surface area contributed by atoms with Crippen LogP contribution in [-0.4, -0.2) is 36.4 Å². The average Bonchev–Trinajstić information content (AvgIpc) is 2.60. The molecule has 1 aliphatic rings. The Morgan fingerprint density at radius 1 is 1.32 bits per heavy atom. The van der Waals surface area contributed by atoms with E-state index < -0.39 is 12.5 Å². The topological polar surface area (TPSA) is 29.5 Å². The van der Waals surface area contributed by atoms with Gasteiger partial charge in [-0.05, 0) is 23.6 Å². The number of hydrogen-bond acceptors (Lipinski definition) is 2. The molecule has 1 aromatic rings. The average molecular weight is 313 g/mol. The molecule has 0 aromatic heterocycles. The monoisotopic (exact) mass is 313 g/mol. The molecule has 3 nitrogen and oxygen atoms in total. The second kappa shape index (κ2) is 7.56. The zero-order valence-corrected chi connectivity index (χ0v) is 14.0. The van der Waals surface area contributed by atoms with Crippen molar-refractivity contribution in [3.8, 4) is 5.75 Å². The van der Waals surface area contributed by atoms with Crippen LogP contribution in [0.5, 0.6) is 5.75 Å². The molecule has 0 saturated carbocycles. The van der Waals surface area contributed by atoms with E-state index in [4.69, 9.17) is 4.74 Å². The predicted octanol–water partition coefficient (Wildman–Crippen LogP) is 4.33. The van der Waals surface area contributed by atoms with E-state index in [1.165, 1.54) is 0 Å². The molecule has 0 aliphatic carbocycles. The molecule has 1 amide bonds. The zero-order valence-electron chi connectivity index (χ0n) is 14.0. The highest BCUT2D eigenvalue weighted by Gasteiger charge is 2.31. The molecule has 2 rings (SSSR count). The molecular weight excluding hydrogens is 288 g/mol. The summed E-state index contributed by atoms with van der Waals surface area (Å²) in [7, 11) is 0. The van der Waals surface area contributed by atoms with Crippen molar-refractivity contribution >= 4 is 5.91 Å². The Hall–Kier alpha value is -1.65. The molecular formula is C17H25F2NO2. The second-order valence-corrected chi connectivity index (χ2v) is 5.56. The number of hydrogen-bond donors (Lipinski definition) is 0. The summed E-state index contributed by atoms with van der Waals surface area (Å²) in [5.41, 5.74) is 1.36. The quantitative estimate of drug-likeness (QED) is 0.831. The van der Waals surface area contributed by atoms with Gasteiger partial charge in [-0.2, -0.15) is 0 Å². The fourth-order valence-corrected chi connectivity index (χ4v) is 2.22. The van der Waals surface area contributed by atoms with E-state index in [9.17, 15) is 13.6 Å². The van der Waals surface area contributed by atoms with Crippen molar-refractivity contribution in [2.24, 2.45) is 0 Å². The number of fused-ring (bicyclic) bond motifs is 1. The maximum absolute atomic E-state index is 13.2. The van der Waals surface area contributed by atoms with Gasteiger partial charge in [0.1, 0.15) is 12.4 Å². The lowest BCUT2D eigenvalue weighted by atomic mass is 9.99. The number of nitrogens with zero attached hydrogens (tertiary/aromatic N) is 1. The lowest BCUT2D eigenvalue weighted by Crippen LogP contribution is -2.40. The molecule has 22 heavy (non-hydrogen) atoms. The van der Waals surface area contributed by atoms with Crippen LogP contribution in [0.25, 0.3) is 0 Å². The maximum atomic E-state index is 13.2. The molecule has 0 saturated heterocycles. The van der Waals surface area contributed by atoms with Crippen molar-refractivity contribution < 1.29 is 18.3 Å². The molecule has 0 fully saturated rings. The summed E-state index contributed by atoms with van der Waals surface area (Å²) in [4.78, 5) is 13.6.